The molecule has 2 aromatic carbocycles. The molecule has 3 aromatic rings. The number of nitrogens with one attached hydrogen (secondary N) is 2. The van der Waals surface area contributed by atoms with E-state index in [1.165, 1.54) is 30.3 Å². The molecule has 1 unspecified atom stereocenters. The topological polar surface area (TPSA) is 137 Å². The van der Waals surface area contributed by atoms with Crippen molar-refractivity contribution in [2.45, 2.75) is 55.9 Å². The van der Waals surface area contributed by atoms with Gasteiger partial charge in [0, 0.05) is 54.7 Å². The maximum atomic E-state index is 15.2. The summed E-state index contributed by atoms with van der Waals surface area (Å²) in [6.45, 7) is 0.944. The number of hydrogen-bond acceptors (Lipinski definition) is 8. The van der Waals surface area contributed by atoms with Crippen molar-refractivity contribution in [1.82, 2.24) is 19.6 Å². The van der Waals surface area contributed by atoms with E-state index in [1.807, 2.05) is 0 Å². The Morgan fingerprint density at radius 2 is 1.89 bits per heavy atom. The maximum Gasteiger partial charge on any atom is 0.451 e. The highest BCUT2D eigenvalue weighted by Gasteiger charge is 2.39. The lowest BCUT2D eigenvalue weighted by atomic mass is 9.86. The number of amides is 1. The monoisotopic (exact) mass is 674 g/mol. The van der Waals surface area contributed by atoms with Crippen molar-refractivity contribution >= 4 is 34.0 Å². The van der Waals surface area contributed by atoms with Gasteiger partial charge in [-0.2, -0.15) is 13.2 Å². The molecule has 2 saturated heterocycles. The molecule has 244 valence electrons. The van der Waals surface area contributed by atoms with Gasteiger partial charge in [-0.1, -0.05) is 23.7 Å². The first-order valence-electron chi connectivity index (χ1n) is 14.2. The summed E-state index contributed by atoms with van der Waals surface area (Å²) in [4.78, 5) is 20.3. The Morgan fingerprint density at radius 3 is 2.58 bits per heavy atom. The molecule has 0 aliphatic carbocycles. The van der Waals surface area contributed by atoms with Crippen molar-refractivity contribution in [2.24, 2.45) is 5.73 Å². The second-order valence-corrected chi connectivity index (χ2v) is 13.7. The van der Waals surface area contributed by atoms with E-state index in [2.05, 4.69) is 20.6 Å². The molecule has 2 fully saturated rings. The number of alkyl halides is 3. The number of anilines is 1. The van der Waals surface area contributed by atoms with Crippen LogP contribution in [0, 0.1) is 11.6 Å². The molecular weight excluding hydrogens is 643 g/mol. The summed E-state index contributed by atoms with van der Waals surface area (Å²) in [5.41, 5.74) is 6.77. The summed E-state index contributed by atoms with van der Waals surface area (Å²) in [5.74, 6) is -4.60. The van der Waals surface area contributed by atoms with Gasteiger partial charge in [0.05, 0.1) is 16.8 Å². The quantitative estimate of drug-likeness (QED) is 0.196. The number of aromatic nitrogens is 2. The van der Waals surface area contributed by atoms with Crippen molar-refractivity contribution < 1.29 is 35.9 Å². The fourth-order valence-corrected chi connectivity index (χ4v) is 7.82. The zero-order valence-corrected chi connectivity index (χ0v) is 25.3. The number of carbonyl (C=O) groups is 1. The summed E-state index contributed by atoms with van der Waals surface area (Å²) in [5, 5.41) is 5.82. The summed E-state index contributed by atoms with van der Waals surface area (Å²) < 4.78 is 92.1. The summed E-state index contributed by atoms with van der Waals surface area (Å²) in [6.07, 6.45) is -1.10. The van der Waals surface area contributed by atoms with Crippen LogP contribution < -0.4 is 16.4 Å². The third kappa shape index (κ3) is 7.56. The van der Waals surface area contributed by atoms with Gasteiger partial charge >= 0.3 is 6.18 Å². The van der Waals surface area contributed by atoms with E-state index < -0.39 is 52.3 Å². The molecule has 2 aliphatic heterocycles. The van der Waals surface area contributed by atoms with Crippen LogP contribution in [-0.2, 0) is 17.4 Å². The predicted octanol–water partition coefficient (Wildman–Crippen LogP) is 5.56. The number of rotatable bonds is 8. The van der Waals surface area contributed by atoms with Gasteiger partial charge in [-0.3, -0.25) is 13.9 Å². The Morgan fingerprint density at radius 1 is 1.16 bits per heavy atom. The van der Waals surface area contributed by atoms with E-state index in [0.717, 1.165) is 24.9 Å². The molecule has 0 saturated carbocycles. The van der Waals surface area contributed by atoms with E-state index in [1.54, 1.807) is 4.31 Å². The first kappa shape index (κ1) is 33.4. The van der Waals surface area contributed by atoms with E-state index >= 15 is 4.39 Å². The normalized spacial score (nSPS) is 23.4. The van der Waals surface area contributed by atoms with Gasteiger partial charge in [0.1, 0.15) is 11.6 Å². The Kier molecular flexibility index (Phi) is 9.99. The molecule has 16 heteroatoms. The van der Waals surface area contributed by atoms with Crippen molar-refractivity contribution in [1.29, 1.82) is 0 Å². The molecule has 0 spiro atoms. The maximum absolute atomic E-state index is 15.2. The minimum Gasteiger partial charge on any atom is -0.324 e. The molecular formula is C29H32ClF5N6O3S. The smallest absolute Gasteiger partial charge is 0.324 e. The van der Waals surface area contributed by atoms with Crippen LogP contribution in [0.5, 0.6) is 0 Å². The molecule has 2 bridgehead atoms. The van der Waals surface area contributed by atoms with E-state index in [9.17, 15) is 31.5 Å². The predicted molar refractivity (Wildman–Crippen MR) is 161 cm³/mol. The van der Waals surface area contributed by atoms with Gasteiger partial charge in [0.15, 0.2) is 0 Å². The lowest BCUT2D eigenvalue weighted by Gasteiger charge is -2.49. The number of halogens is 6. The van der Waals surface area contributed by atoms with Crippen LogP contribution in [0.15, 0.2) is 48.8 Å². The Bertz CT molecular complexity index is 1530. The Labute approximate surface area is 262 Å². The first-order valence-corrected chi connectivity index (χ1v) is 16.2. The number of hydrogen-bond donors (Lipinski definition) is 5. The highest BCUT2D eigenvalue weighted by molar-refractivity contribution is 8.22. The number of benzene rings is 2. The van der Waals surface area contributed by atoms with Crippen LogP contribution >= 0.6 is 22.4 Å². The third-order valence-corrected chi connectivity index (χ3v) is 10.5. The van der Waals surface area contributed by atoms with Crippen LogP contribution in [0.1, 0.15) is 47.7 Å². The SMILES string of the molecule is N[C@H](C(=O)Nc1cccc(F)c1CC[C@H]1CN[C@@H]2CCCS(O)(O)N1C2)[C@H](c1cnc(C(F)(F)F)nc1)c1ccc(Cl)c(F)c1. The van der Waals surface area contributed by atoms with Crippen molar-refractivity contribution in [3.05, 3.63) is 88.0 Å². The van der Waals surface area contributed by atoms with Crippen LogP contribution in [0.2, 0.25) is 5.02 Å². The highest BCUT2D eigenvalue weighted by atomic mass is 35.5. The van der Waals surface area contributed by atoms with E-state index in [-0.39, 0.29) is 51.7 Å². The molecule has 5 atom stereocenters. The summed E-state index contributed by atoms with van der Waals surface area (Å²) in [6, 6.07) is 6.07. The highest BCUT2D eigenvalue weighted by Crippen LogP contribution is 2.49. The van der Waals surface area contributed by atoms with Crippen molar-refractivity contribution in [3.63, 3.8) is 0 Å². The molecule has 9 nitrogen and oxygen atoms in total. The Hall–Kier alpha value is -2.92. The van der Waals surface area contributed by atoms with Gasteiger partial charge in [-0.25, -0.2) is 23.1 Å². The minimum atomic E-state index is -4.81. The number of nitrogens with two attached hydrogens (primary N) is 1. The third-order valence-electron chi connectivity index (χ3n) is 8.15. The van der Waals surface area contributed by atoms with E-state index in [0.29, 0.717) is 25.9 Å². The zero-order chi connectivity index (χ0) is 32.5. The lowest BCUT2D eigenvalue weighted by Crippen LogP contribution is -2.55. The second-order valence-electron chi connectivity index (χ2n) is 11.1. The Balaban J connectivity index is 1.38. The van der Waals surface area contributed by atoms with Gasteiger partial charge in [0.25, 0.3) is 0 Å². The molecule has 6 N–H and O–H groups in total. The largest absolute Gasteiger partial charge is 0.451 e. The van der Waals surface area contributed by atoms with Crippen molar-refractivity contribution in [2.75, 3.05) is 24.2 Å². The first-order chi connectivity index (χ1) is 21.2. The average Bonchev–Trinajstić information content (AvgIpc) is 3.10. The van der Waals surface area contributed by atoms with Crippen LogP contribution in [0.25, 0.3) is 0 Å². The summed E-state index contributed by atoms with van der Waals surface area (Å²) in [7, 11) is -2.97. The van der Waals surface area contributed by atoms with Crippen LogP contribution in [-0.4, -0.2) is 66.3 Å². The fraction of sp³-hybridized carbons (Fsp3) is 0.414. The van der Waals surface area contributed by atoms with Gasteiger partial charge < -0.3 is 16.4 Å². The molecule has 5 rings (SSSR count). The standard InChI is InChI=1S/C29H32ClF5N6O3S/c30-21-9-6-16(11-23(21)32)25(17-12-38-28(39-13-17)29(33,34)35)26(36)27(42)40-24-5-1-4-22(31)20(24)8-7-19-14-37-18-3-2-10-45(43,44)41(19)15-18/h1,4-6,9,11-13,18-19,25-26,37,43-44H,2-3,7-8,10,14-15,36H2,(H,40,42)/t18-,19+,25+,26+/m1/s1. The fourth-order valence-electron chi connectivity index (χ4n) is 5.84. The molecule has 45 heavy (non-hydrogen) atoms. The van der Waals surface area contributed by atoms with Gasteiger partial charge in [0.2, 0.25) is 11.7 Å². The zero-order valence-electron chi connectivity index (χ0n) is 23.8. The van der Waals surface area contributed by atoms with Gasteiger partial charge in [-0.05, 0) is 61.1 Å². The van der Waals surface area contributed by atoms with Crippen LogP contribution in [0.4, 0.5) is 27.6 Å². The number of piperazine rings is 1. The van der Waals surface area contributed by atoms with Gasteiger partial charge in [-0.15, -0.1) is 10.8 Å². The van der Waals surface area contributed by atoms with Crippen LogP contribution in [0.3, 0.4) is 0 Å². The lowest BCUT2D eigenvalue weighted by molar-refractivity contribution is -0.145. The molecule has 1 amide bonds. The molecule has 0 radical (unpaired) electrons. The number of carbonyl (C=O) groups excluding carboxylic acids is 1. The second kappa shape index (κ2) is 13.4. The van der Waals surface area contributed by atoms with E-state index in [4.69, 9.17) is 17.3 Å². The summed E-state index contributed by atoms with van der Waals surface area (Å²) >= 11 is 5.82. The molecule has 1 aromatic heterocycles. The average molecular weight is 675 g/mol. The number of nitrogens with zero attached hydrogens (tertiary/aromatic N) is 3. The number of fused-ring (bicyclic) bond motifs is 2. The van der Waals surface area contributed by atoms with Crippen molar-refractivity contribution in [3.8, 4) is 0 Å². The molecule has 3 heterocycles. The minimum absolute atomic E-state index is 0.00591. The molecule has 2 aliphatic rings.